The third kappa shape index (κ3) is 4.56. The quantitative estimate of drug-likeness (QED) is 0.819. The van der Waals surface area contributed by atoms with Crippen LogP contribution in [-0.4, -0.2) is 35.2 Å². The zero-order valence-corrected chi connectivity index (χ0v) is 15.2. The monoisotopic (exact) mass is 405 g/mol. The summed E-state index contributed by atoms with van der Waals surface area (Å²) in [6.45, 7) is 0.443. The highest BCUT2D eigenvalue weighted by Crippen LogP contribution is 2.29. The summed E-state index contributed by atoms with van der Waals surface area (Å²) in [7, 11) is 0. The Bertz CT molecular complexity index is 925. The molecule has 1 atom stereocenters. The van der Waals surface area contributed by atoms with Gasteiger partial charge in [0.25, 0.3) is 11.8 Å². The fourth-order valence-electron chi connectivity index (χ4n) is 3.18. The molecular weight excluding hydrogens is 387 g/mol. The van der Waals surface area contributed by atoms with Gasteiger partial charge < -0.3 is 16.0 Å². The second kappa shape index (κ2) is 7.94. The molecule has 3 amide bonds. The van der Waals surface area contributed by atoms with Crippen LogP contribution in [0.25, 0.3) is 0 Å². The van der Waals surface area contributed by atoms with Crippen LogP contribution in [0.5, 0.6) is 0 Å². The van der Waals surface area contributed by atoms with E-state index in [4.69, 9.17) is 5.73 Å². The summed E-state index contributed by atoms with van der Waals surface area (Å²) in [6.07, 6.45) is -3.25. The van der Waals surface area contributed by atoms with E-state index in [1.807, 2.05) is 0 Å². The average Bonchev–Trinajstić information content (AvgIpc) is 3.17. The number of benzene rings is 2. The van der Waals surface area contributed by atoms with E-state index in [0.29, 0.717) is 30.6 Å². The molecular formula is C20H18F3N3O3. The maximum absolute atomic E-state index is 12.6. The van der Waals surface area contributed by atoms with Gasteiger partial charge in [-0.2, -0.15) is 13.2 Å². The molecule has 1 aliphatic rings. The number of halogens is 3. The van der Waals surface area contributed by atoms with Gasteiger partial charge in [-0.25, -0.2) is 0 Å². The molecule has 3 N–H and O–H groups in total. The van der Waals surface area contributed by atoms with Gasteiger partial charge in [-0.05, 0) is 61.4 Å². The largest absolute Gasteiger partial charge is 0.416 e. The predicted octanol–water partition coefficient (Wildman–Crippen LogP) is 3.05. The summed E-state index contributed by atoms with van der Waals surface area (Å²) < 4.78 is 37.8. The molecule has 1 saturated heterocycles. The van der Waals surface area contributed by atoms with Crippen LogP contribution in [0.3, 0.4) is 0 Å². The zero-order valence-electron chi connectivity index (χ0n) is 15.2. The smallest absolute Gasteiger partial charge is 0.368 e. The van der Waals surface area contributed by atoms with Crippen molar-refractivity contribution in [2.24, 2.45) is 5.73 Å². The Morgan fingerprint density at radius 1 is 0.966 bits per heavy atom. The summed E-state index contributed by atoms with van der Waals surface area (Å²) >= 11 is 0. The molecule has 29 heavy (non-hydrogen) atoms. The molecule has 0 unspecified atom stereocenters. The van der Waals surface area contributed by atoms with Crippen LogP contribution in [-0.2, 0) is 11.0 Å². The van der Waals surface area contributed by atoms with Gasteiger partial charge in [-0.1, -0.05) is 0 Å². The van der Waals surface area contributed by atoms with Gasteiger partial charge in [0.1, 0.15) is 6.04 Å². The van der Waals surface area contributed by atoms with Crippen molar-refractivity contribution in [3.63, 3.8) is 0 Å². The lowest BCUT2D eigenvalue weighted by molar-refractivity contribution is -0.137. The molecule has 1 aliphatic heterocycles. The Kier molecular flexibility index (Phi) is 5.58. The number of carbonyl (C=O) groups excluding carboxylic acids is 3. The summed E-state index contributed by atoms with van der Waals surface area (Å²) in [5.41, 5.74) is 5.27. The van der Waals surface area contributed by atoms with E-state index in [1.165, 1.54) is 29.2 Å². The Hall–Kier alpha value is -3.36. The Morgan fingerprint density at radius 3 is 2.10 bits per heavy atom. The van der Waals surface area contributed by atoms with Crippen LogP contribution in [0.15, 0.2) is 48.5 Å². The number of anilines is 1. The van der Waals surface area contributed by atoms with Gasteiger partial charge >= 0.3 is 6.18 Å². The minimum absolute atomic E-state index is 0.0690. The Labute approximate surface area is 164 Å². The average molecular weight is 405 g/mol. The molecule has 0 spiro atoms. The van der Waals surface area contributed by atoms with Crippen molar-refractivity contribution in [3.05, 3.63) is 65.2 Å². The molecule has 0 aromatic heterocycles. The molecule has 1 heterocycles. The van der Waals surface area contributed by atoms with Crippen LogP contribution in [0.2, 0.25) is 0 Å². The normalized spacial score (nSPS) is 16.5. The van der Waals surface area contributed by atoms with E-state index in [0.717, 1.165) is 24.3 Å². The number of amides is 3. The second-order valence-electron chi connectivity index (χ2n) is 6.67. The van der Waals surface area contributed by atoms with Gasteiger partial charge in [-0.15, -0.1) is 0 Å². The van der Waals surface area contributed by atoms with Crippen molar-refractivity contribution in [2.45, 2.75) is 25.1 Å². The van der Waals surface area contributed by atoms with Crippen LogP contribution >= 0.6 is 0 Å². The fourth-order valence-corrected chi connectivity index (χ4v) is 3.18. The lowest BCUT2D eigenvalue weighted by Crippen LogP contribution is -2.43. The maximum Gasteiger partial charge on any atom is 0.416 e. The molecule has 0 radical (unpaired) electrons. The number of hydrogen-bond donors (Lipinski definition) is 2. The lowest BCUT2D eigenvalue weighted by atomic mass is 10.1. The van der Waals surface area contributed by atoms with Crippen molar-refractivity contribution < 1.29 is 27.6 Å². The standard InChI is InChI=1S/C20H18F3N3O3/c21-20(22,23)14-7-3-12(4-8-14)18(28)25-15-9-5-13(6-10-15)19(29)26-11-1-2-16(26)17(24)27/h3-10,16H,1-2,11H2,(H2,24,27)(H,25,28)/t16-/m0/s1. The molecule has 152 valence electrons. The third-order valence-electron chi connectivity index (χ3n) is 4.71. The molecule has 9 heteroatoms. The highest BCUT2D eigenvalue weighted by Gasteiger charge is 2.33. The van der Waals surface area contributed by atoms with E-state index in [2.05, 4.69) is 5.32 Å². The topological polar surface area (TPSA) is 92.5 Å². The number of hydrogen-bond acceptors (Lipinski definition) is 3. The fraction of sp³-hybridized carbons (Fsp3) is 0.250. The highest BCUT2D eigenvalue weighted by molar-refractivity contribution is 6.04. The number of nitrogens with one attached hydrogen (secondary N) is 1. The summed E-state index contributed by atoms with van der Waals surface area (Å²) in [5, 5.41) is 2.56. The van der Waals surface area contributed by atoms with E-state index in [-0.39, 0.29) is 11.5 Å². The summed E-state index contributed by atoms with van der Waals surface area (Å²) in [6, 6.07) is 9.24. The van der Waals surface area contributed by atoms with E-state index in [1.54, 1.807) is 0 Å². The van der Waals surface area contributed by atoms with Gasteiger partial charge in [0.05, 0.1) is 5.56 Å². The van der Waals surface area contributed by atoms with Crippen LogP contribution < -0.4 is 11.1 Å². The number of alkyl halides is 3. The number of primary amides is 1. The minimum atomic E-state index is -4.47. The van der Waals surface area contributed by atoms with Gasteiger partial charge in [0.2, 0.25) is 5.91 Å². The first kappa shape index (κ1) is 20.4. The molecule has 0 bridgehead atoms. The summed E-state index contributed by atoms with van der Waals surface area (Å²) in [4.78, 5) is 37.7. The molecule has 0 aliphatic carbocycles. The number of likely N-dealkylation sites (tertiary alicyclic amines) is 1. The van der Waals surface area contributed by atoms with Crippen molar-refractivity contribution in [2.75, 3.05) is 11.9 Å². The molecule has 2 aromatic carbocycles. The van der Waals surface area contributed by atoms with Crippen molar-refractivity contribution in [3.8, 4) is 0 Å². The third-order valence-corrected chi connectivity index (χ3v) is 4.71. The van der Waals surface area contributed by atoms with E-state index >= 15 is 0 Å². The van der Waals surface area contributed by atoms with Crippen LogP contribution in [0, 0.1) is 0 Å². The van der Waals surface area contributed by atoms with E-state index in [9.17, 15) is 27.6 Å². The molecule has 1 fully saturated rings. The minimum Gasteiger partial charge on any atom is -0.368 e. The first-order chi connectivity index (χ1) is 13.7. The van der Waals surface area contributed by atoms with Crippen molar-refractivity contribution in [1.82, 2.24) is 4.90 Å². The van der Waals surface area contributed by atoms with E-state index < -0.39 is 29.6 Å². The lowest BCUT2D eigenvalue weighted by Gasteiger charge is -2.22. The first-order valence-electron chi connectivity index (χ1n) is 8.86. The number of carbonyl (C=O) groups is 3. The van der Waals surface area contributed by atoms with Gasteiger partial charge in [0.15, 0.2) is 0 Å². The molecule has 3 rings (SSSR count). The molecule has 2 aromatic rings. The number of nitrogens with two attached hydrogens (primary N) is 1. The SMILES string of the molecule is NC(=O)[C@@H]1CCCN1C(=O)c1ccc(NC(=O)c2ccc(C(F)(F)F)cc2)cc1. The second-order valence-corrected chi connectivity index (χ2v) is 6.67. The Morgan fingerprint density at radius 2 is 1.55 bits per heavy atom. The van der Waals surface area contributed by atoms with Crippen LogP contribution in [0.4, 0.5) is 18.9 Å². The van der Waals surface area contributed by atoms with Crippen molar-refractivity contribution in [1.29, 1.82) is 0 Å². The number of nitrogens with zero attached hydrogens (tertiary/aromatic N) is 1. The predicted molar refractivity (Wildman–Crippen MR) is 99.1 cm³/mol. The van der Waals surface area contributed by atoms with Crippen molar-refractivity contribution >= 4 is 23.4 Å². The van der Waals surface area contributed by atoms with Crippen LogP contribution in [0.1, 0.15) is 39.1 Å². The zero-order chi connectivity index (χ0) is 21.2. The molecule has 0 saturated carbocycles. The Balaban J connectivity index is 1.66. The first-order valence-corrected chi connectivity index (χ1v) is 8.86. The summed E-state index contributed by atoms with van der Waals surface area (Å²) in [5.74, 6) is -1.45. The maximum atomic E-state index is 12.6. The molecule has 6 nitrogen and oxygen atoms in total. The van der Waals surface area contributed by atoms with Gasteiger partial charge in [-0.3, -0.25) is 14.4 Å². The van der Waals surface area contributed by atoms with Gasteiger partial charge in [0, 0.05) is 23.4 Å². The highest BCUT2D eigenvalue weighted by atomic mass is 19.4. The number of rotatable bonds is 4.